The third-order valence-corrected chi connectivity index (χ3v) is 6.20. The molecule has 1 fully saturated rings. The van der Waals surface area contributed by atoms with Gasteiger partial charge in [-0.1, -0.05) is 41.0 Å². The first-order valence-corrected chi connectivity index (χ1v) is 12.8. The van der Waals surface area contributed by atoms with Gasteiger partial charge in [0, 0.05) is 6.54 Å². The zero-order valence-corrected chi connectivity index (χ0v) is 23.0. The molecule has 1 saturated heterocycles. The highest BCUT2D eigenvalue weighted by Crippen LogP contribution is 2.26. The van der Waals surface area contributed by atoms with Crippen molar-refractivity contribution in [1.82, 2.24) is 20.9 Å². The Morgan fingerprint density at radius 1 is 1.05 bits per heavy atom. The van der Waals surface area contributed by atoms with Crippen LogP contribution in [0.15, 0.2) is 0 Å². The van der Waals surface area contributed by atoms with Crippen LogP contribution in [-0.2, 0) is 28.7 Å². The second-order valence-electron chi connectivity index (χ2n) is 10.9. The Bertz CT molecular complexity index is 868. The molecule has 0 radical (unpaired) electrons. The molecule has 0 bridgehead atoms. The largest absolute Gasteiger partial charge is 0.462 e. The molecule has 0 aromatic carbocycles. The van der Waals surface area contributed by atoms with Gasteiger partial charge in [-0.3, -0.25) is 24.0 Å². The highest BCUT2D eigenvalue weighted by molar-refractivity contribution is 6.37. The highest BCUT2D eigenvalue weighted by atomic mass is 16.5. The van der Waals surface area contributed by atoms with Gasteiger partial charge in [-0.25, -0.2) is 4.79 Å². The first kappa shape index (κ1) is 31.8. The number of ether oxygens (including phenoxy) is 1. The van der Waals surface area contributed by atoms with E-state index in [0.29, 0.717) is 12.8 Å². The molecule has 12 nitrogen and oxygen atoms in total. The third kappa shape index (κ3) is 10.0. The zero-order valence-electron chi connectivity index (χ0n) is 23.0. The van der Waals surface area contributed by atoms with Crippen LogP contribution in [0.3, 0.4) is 0 Å². The van der Waals surface area contributed by atoms with E-state index >= 15 is 0 Å². The minimum Gasteiger partial charge on any atom is -0.462 e. The number of amides is 5. The Morgan fingerprint density at radius 2 is 1.68 bits per heavy atom. The Kier molecular flexibility index (Phi) is 12.0. The van der Waals surface area contributed by atoms with Crippen molar-refractivity contribution in [2.75, 3.05) is 13.1 Å². The molecule has 0 aromatic heterocycles. The van der Waals surface area contributed by atoms with Gasteiger partial charge in [0.05, 0.1) is 12.1 Å². The lowest BCUT2D eigenvalue weighted by Crippen LogP contribution is -2.60. The number of esters is 1. The predicted molar refractivity (Wildman–Crippen MR) is 136 cm³/mol. The normalized spacial score (nSPS) is 17.9. The van der Waals surface area contributed by atoms with E-state index in [1.807, 2.05) is 13.8 Å². The number of nitrogens with two attached hydrogens (primary N) is 1. The van der Waals surface area contributed by atoms with Crippen molar-refractivity contribution in [3.63, 3.8) is 0 Å². The van der Waals surface area contributed by atoms with E-state index in [4.69, 9.17) is 10.5 Å². The summed E-state index contributed by atoms with van der Waals surface area (Å²) >= 11 is 0. The number of carbonyl (C=O) groups is 6. The van der Waals surface area contributed by atoms with Crippen molar-refractivity contribution >= 4 is 35.5 Å². The molecule has 5 N–H and O–H groups in total. The van der Waals surface area contributed by atoms with Crippen LogP contribution in [0.25, 0.3) is 0 Å². The summed E-state index contributed by atoms with van der Waals surface area (Å²) < 4.78 is 4.98. The van der Waals surface area contributed by atoms with Crippen LogP contribution < -0.4 is 21.7 Å². The molecule has 4 unspecified atom stereocenters. The lowest BCUT2D eigenvalue weighted by molar-refractivity contribution is -0.146. The van der Waals surface area contributed by atoms with Gasteiger partial charge in [-0.2, -0.15) is 0 Å². The predicted octanol–water partition coefficient (Wildman–Crippen LogP) is 0.618. The summed E-state index contributed by atoms with van der Waals surface area (Å²) in [5.41, 5.74) is 4.46. The Hall–Kier alpha value is -3.18. The first-order chi connectivity index (χ1) is 17.1. The van der Waals surface area contributed by atoms with E-state index in [1.165, 1.54) is 4.90 Å². The zero-order chi connectivity index (χ0) is 28.5. The quantitative estimate of drug-likeness (QED) is 0.213. The van der Waals surface area contributed by atoms with Crippen molar-refractivity contribution in [2.24, 2.45) is 17.1 Å². The number of likely N-dealkylation sites (tertiary alicyclic amines) is 1. The number of primary amides is 1. The van der Waals surface area contributed by atoms with Gasteiger partial charge in [-0.05, 0) is 44.4 Å². The van der Waals surface area contributed by atoms with Gasteiger partial charge in [0.1, 0.15) is 18.6 Å². The SMILES string of the molecule is CCC(C)CC(NC(=O)C1CCCN1C(=O)C(NC(=O)NCC(=O)OC(C)C)C(C)(C)C)C(=O)C(N)=O. The number of Topliss-reactive ketones (excluding diaryl/α,β-unsaturated/α-hetero) is 1. The van der Waals surface area contributed by atoms with Crippen molar-refractivity contribution < 1.29 is 33.5 Å². The summed E-state index contributed by atoms with van der Waals surface area (Å²) in [7, 11) is 0. The highest BCUT2D eigenvalue weighted by Gasteiger charge is 2.42. The Labute approximate surface area is 218 Å². The van der Waals surface area contributed by atoms with E-state index in [9.17, 15) is 28.8 Å². The van der Waals surface area contributed by atoms with E-state index < -0.39 is 59.0 Å². The fraction of sp³-hybridized carbons (Fsp3) is 0.760. The fourth-order valence-electron chi connectivity index (χ4n) is 4.00. The molecular formula is C25H43N5O7. The minimum atomic E-state index is -1.13. The van der Waals surface area contributed by atoms with Gasteiger partial charge < -0.3 is 31.3 Å². The van der Waals surface area contributed by atoms with Crippen molar-refractivity contribution in [3.8, 4) is 0 Å². The standard InChI is InChI=1S/C25H43N5O7/c1-8-15(4)12-16(19(32)21(26)33)28-22(34)17-10-9-11-30(17)23(35)20(25(5,6)7)29-24(36)27-13-18(31)37-14(2)3/h14-17,20H,8-13H2,1-7H3,(H2,26,33)(H,28,34)(H2,27,29,36). The molecule has 0 aliphatic carbocycles. The fourth-order valence-corrected chi connectivity index (χ4v) is 4.00. The molecule has 0 spiro atoms. The maximum Gasteiger partial charge on any atom is 0.325 e. The van der Waals surface area contributed by atoms with Crippen LogP contribution in [0.2, 0.25) is 0 Å². The van der Waals surface area contributed by atoms with Gasteiger partial charge in [0.25, 0.3) is 5.91 Å². The number of urea groups is 1. The van der Waals surface area contributed by atoms with E-state index in [2.05, 4.69) is 16.0 Å². The maximum absolute atomic E-state index is 13.5. The Morgan fingerprint density at radius 3 is 2.19 bits per heavy atom. The maximum atomic E-state index is 13.5. The molecule has 1 rings (SSSR count). The minimum absolute atomic E-state index is 0.0562. The summed E-state index contributed by atoms with van der Waals surface area (Å²) in [5, 5.41) is 7.62. The van der Waals surface area contributed by atoms with Gasteiger partial charge in [-0.15, -0.1) is 0 Å². The molecule has 37 heavy (non-hydrogen) atoms. The van der Waals surface area contributed by atoms with Crippen LogP contribution in [0.1, 0.15) is 74.1 Å². The number of nitrogens with zero attached hydrogens (tertiary/aromatic N) is 1. The topological polar surface area (TPSA) is 177 Å². The smallest absolute Gasteiger partial charge is 0.325 e. The van der Waals surface area contributed by atoms with Crippen LogP contribution in [0, 0.1) is 11.3 Å². The summed E-state index contributed by atoms with van der Waals surface area (Å²) in [6, 6.07) is -3.69. The molecule has 12 heteroatoms. The third-order valence-electron chi connectivity index (χ3n) is 6.20. The van der Waals surface area contributed by atoms with Crippen molar-refractivity contribution in [2.45, 2.75) is 98.4 Å². The molecule has 210 valence electrons. The number of carbonyl (C=O) groups excluding carboxylic acids is 6. The molecule has 5 amide bonds. The van der Waals surface area contributed by atoms with Crippen LogP contribution >= 0.6 is 0 Å². The summed E-state index contributed by atoms with van der Waals surface area (Å²) in [6.45, 7) is 12.4. The van der Waals surface area contributed by atoms with Crippen LogP contribution in [0.4, 0.5) is 4.79 Å². The van der Waals surface area contributed by atoms with Gasteiger partial charge in [0.15, 0.2) is 0 Å². The van der Waals surface area contributed by atoms with E-state index in [1.54, 1.807) is 34.6 Å². The summed E-state index contributed by atoms with van der Waals surface area (Å²) in [4.78, 5) is 76.2. The Balaban J connectivity index is 2.99. The molecular weight excluding hydrogens is 482 g/mol. The van der Waals surface area contributed by atoms with Crippen molar-refractivity contribution in [3.05, 3.63) is 0 Å². The van der Waals surface area contributed by atoms with Crippen LogP contribution in [-0.4, -0.2) is 77.7 Å². The number of nitrogens with one attached hydrogen (secondary N) is 3. The average Bonchev–Trinajstić information content (AvgIpc) is 3.28. The summed E-state index contributed by atoms with van der Waals surface area (Å²) in [5.74, 6) is -3.59. The lowest BCUT2D eigenvalue weighted by atomic mass is 9.85. The number of hydrogen-bond acceptors (Lipinski definition) is 7. The second kappa shape index (κ2) is 13.9. The number of hydrogen-bond donors (Lipinski definition) is 4. The monoisotopic (exact) mass is 525 g/mol. The molecule has 1 heterocycles. The second-order valence-corrected chi connectivity index (χ2v) is 10.9. The van der Waals surface area contributed by atoms with E-state index in [0.717, 1.165) is 6.42 Å². The molecule has 4 atom stereocenters. The number of ketones is 1. The number of rotatable bonds is 12. The molecule has 0 aromatic rings. The average molecular weight is 526 g/mol. The van der Waals surface area contributed by atoms with Crippen molar-refractivity contribution in [1.29, 1.82) is 0 Å². The van der Waals surface area contributed by atoms with Crippen LogP contribution in [0.5, 0.6) is 0 Å². The molecule has 0 saturated carbocycles. The van der Waals surface area contributed by atoms with E-state index in [-0.39, 0.29) is 31.5 Å². The summed E-state index contributed by atoms with van der Waals surface area (Å²) in [6.07, 6.45) is 1.57. The lowest BCUT2D eigenvalue weighted by Gasteiger charge is -2.35. The van der Waals surface area contributed by atoms with Gasteiger partial charge >= 0.3 is 12.0 Å². The molecule has 1 aliphatic heterocycles. The molecule has 1 aliphatic rings. The first-order valence-electron chi connectivity index (χ1n) is 12.8. The van der Waals surface area contributed by atoms with Gasteiger partial charge in [0.2, 0.25) is 17.6 Å².